The van der Waals surface area contributed by atoms with Crippen molar-refractivity contribution in [2.24, 2.45) is 5.92 Å². The largest absolute Gasteiger partial charge is 0.493 e. The van der Waals surface area contributed by atoms with Crippen LogP contribution in [0.5, 0.6) is 11.5 Å². The Morgan fingerprint density at radius 3 is 2.54 bits per heavy atom. The highest BCUT2D eigenvalue weighted by Gasteiger charge is 2.23. The van der Waals surface area contributed by atoms with Crippen LogP contribution in [0.4, 0.5) is 4.39 Å². The summed E-state index contributed by atoms with van der Waals surface area (Å²) in [5.74, 6) is -0.0980. The monoisotopic (exact) mass is 382 g/mol. The lowest BCUT2D eigenvalue weighted by molar-refractivity contribution is 0.350. The van der Waals surface area contributed by atoms with Gasteiger partial charge in [-0.1, -0.05) is 0 Å². The number of methoxy groups -OCH3 is 2. The lowest BCUT2D eigenvalue weighted by atomic mass is 9.96. The van der Waals surface area contributed by atoms with Gasteiger partial charge >= 0.3 is 0 Å². The molecule has 2 N–H and O–H groups in total. The standard InChI is InChI=1S/C15H23FN2O4S.ClH/c1-21-13-8-12(16)15(9-14(13)22-2)23(19,20)18-7-5-11-4-3-6-17-10-11;/h8-9,11,17-18H,3-7,10H2,1-2H3;1H. The second-order valence-corrected chi connectivity index (χ2v) is 7.27. The van der Waals surface area contributed by atoms with Crippen molar-refractivity contribution in [3.63, 3.8) is 0 Å². The van der Waals surface area contributed by atoms with E-state index in [4.69, 9.17) is 9.47 Å². The van der Waals surface area contributed by atoms with E-state index in [-0.39, 0.29) is 30.5 Å². The molecule has 1 atom stereocenters. The molecular weight excluding hydrogens is 359 g/mol. The van der Waals surface area contributed by atoms with Crippen LogP contribution in [0.25, 0.3) is 0 Å². The van der Waals surface area contributed by atoms with Crippen molar-refractivity contribution in [1.82, 2.24) is 10.0 Å². The molecule has 0 aliphatic carbocycles. The minimum atomic E-state index is -3.93. The SMILES string of the molecule is COc1cc(F)c(S(=O)(=O)NCCC2CCCNC2)cc1OC.Cl. The molecule has 1 aromatic carbocycles. The molecule has 0 aromatic heterocycles. The second kappa shape index (κ2) is 9.41. The maximum Gasteiger partial charge on any atom is 0.243 e. The summed E-state index contributed by atoms with van der Waals surface area (Å²) < 4.78 is 51.1. The van der Waals surface area contributed by atoms with Crippen molar-refractivity contribution in [3.8, 4) is 11.5 Å². The Bertz CT molecular complexity index is 637. The van der Waals surface area contributed by atoms with E-state index in [2.05, 4.69) is 10.0 Å². The molecule has 0 bridgehead atoms. The lowest BCUT2D eigenvalue weighted by Gasteiger charge is -2.22. The van der Waals surface area contributed by atoms with Crippen molar-refractivity contribution in [3.05, 3.63) is 17.9 Å². The minimum Gasteiger partial charge on any atom is -0.493 e. The Hall–Kier alpha value is -1.09. The van der Waals surface area contributed by atoms with Crippen molar-refractivity contribution in [2.45, 2.75) is 24.2 Å². The quantitative estimate of drug-likeness (QED) is 0.753. The zero-order valence-electron chi connectivity index (χ0n) is 13.8. The van der Waals surface area contributed by atoms with Gasteiger partial charge in [-0.15, -0.1) is 12.4 Å². The molecule has 2 rings (SSSR count). The van der Waals surface area contributed by atoms with Gasteiger partial charge in [0.05, 0.1) is 14.2 Å². The summed E-state index contributed by atoms with van der Waals surface area (Å²) in [6.45, 7) is 2.19. The van der Waals surface area contributed by atoms with Gasteiger partial charge in [-0.05, 0) is 38.3 Å². The van der Waals surface area contributed by atoms with Gasteiger partial charge in [0.25, 0.3) is 0 Å². The fourth-order valence-electron chi connectivity index (χ4n) is 2.69. The lowest BCUT2D eigenvalue weighted by Crippen LogP contribution is -2.33. The zero-order chi connectivity index (χ0) is 16.9. The molecule has 24 heavy (non-hydrogen) atoms. The fraction of sp³-hybridized carbons (Fsp3) is 0.600. The third kappa shape index (κ3) is 5.20. The number of nitrogens with one attached hydrogen (secondary N) is 2. The topological polar surface area (TPSA) is 76.7 Å². The van der Waals surface area contributed by atoms with Crippen LogP contribution < -0.4 is 19.5 Å². The van der Waals surface area contributed by atoms with Crippen molar-refractivity contribution >= 4 is 22.4 Å². The summed E-state index contributed by atoms with van der Waals surface area (Å²) in [5, 5.41) is 3.28. The van der Waals surface area contributed by atoms with E-state index in [1.54, 1.807) is 0 Å². The van der Waals surface area contributed by atoms with Crippen LogP contribution in [0.15, 0.2) is 17.0 Å². The predicted octanol–water partition coefficient (Wildman–Crippen LogP) is 1.93. The number of piperidine rings is 1. The number of hydrogen-bond acceptors (Lipinski definition) is 5. The Morgan fingerprint density at radius 1 is 1.29 bits per heavy atom. The maximum atomic E-state index is 14.1. The number of hydrogen-bond donors (Lipinski definition) is 2. The fourth-order valence-corrected chi connectivity index (χ4v) is 3.81. The molecule has 1 heterocycles. The first-order chi connectivity index (χ1) is 11.0. The molecule has 1 aliphatic heterocycles. The molecular formula is C15H24ClFN2O4S. The van der Waals surface area contributed by atoms with Gasteiger partial charge in [-0.2, -0.15) is 0 Å². The van der Waals surface area contributed by atoms with Crippen molar-refractivity contribution < 1.29 is 22.3 Å². The third-order valence-electron chi connectivity index (χ3n) is 3.97. The van der Waals surface area contributed by atoms with Gasteiger partial charge in [0.15, 0.2) is 11.5 Å². The Kier molecular flexibility index (Phi) is 8.21. The van der Waals surface area contributed by atoms with Crippen LogP contribution in [0.2, 0.25) is 0 Å². The predicted molar refractivity (Wildman–Crippen MR) is 92.2 cm³/mol. The van der Waals surface area contributed by atoms with E-state index in [0.717, 1.165) is 44.5 Å². The van der Waals surface area contributed by atoms with Crippen LogP contribution in [0.3, 0.4) is 0 Å². The van der Waals surface area contributed by atoms with Crippen LogP contribution in [-0.2, 0) is 10.0 Å². The third-order valence-corrected chi connectivity index (χ3v) is 5.45. The minimum absolute atomic E-state index is 0. The Balaban J connectivity index is 0.00000288. The number of sulfonamides is 1. The van der Waals surface area contributed by atoms with Crippen LogP contribution in [0, 0.1) is 11.7 Å². The van der Waals surface area contributed by atoms with Crippen LogP contribution in [0.1, 0.15) is 19.3 Å². The molecule has 0 spiro atoms. The van der Waals surface area contributed by atoms with Crippen LogP contribution in [-0.4, -0.2) is 42.3 Å². The molecule has 0 amide bonds. The first kappa shape index (κ1) is 21.0. The van der Waals surface area contributed by atoms with E-state index in [1.165, 1.54) is 14.2 Å². The number of ether oxygens (including phenoxy) is 2. The number of rotatable bonds is 7. The number of benzene rings is 1. The van der Waals surface area contributed by atoms with E-state index >= 15 is 0 Å². The summed E-state index contributed by atoms with van der Waals surface area (Å²) in [6.07, 6.45) is 2.91. The van der Waals surface area contributed by atoms with Gasteiger partial charge in [0, 0.05) is 18.7 Å². The zero-order valence-corrected chi connectivity index (χ0v) is 15.4. The van der Waals surface area contributed by atoms with Gasteiger partial charge in [-0.25, -0.2) is 17.5 Å². The van der Waals surface area contributed by atoms with Gasteiger partial charge in [0.1, 0.15) is 10.7 Å². The highest BCUT2D eigenvalue weighted by molar-refractivity contribution is 7.89. The van der Waals surface area contributed by atoms with Crippen molar-refractivity contribution in [2.75, 3.05) is 33.9 Å². The molecule has 0 saturated carbocycles. The number of halogens is 2. The summed E-state index contributed by atoms with van der Waals surface area (Å²) in [7, 11) is -1.20. The van der Waals surface area contributed by atoms with Crippen LogP contribution >= 0.6 is 12.4 Å². The maximum absolute atomic E-state index is 14.1. The molecule has 6 nitrogen and oxygen atoms in total. The highest BCUT2D eigenvalue weighted by atomic mass is 35.5. The average molecular weight is 383 g/mol. The van der Waals surface area contributed by atoms with Gasteiger partial charge in [0.2, 0.25) is 10.0 Å². The Labute approximate surface area is 148 Å². The summed E-state index contributed by atoms with van der Waals surface area (Å²) in [5.41, 5.74) is 0. The second-order valence-electron chi connectivity index (χ2n) is 5.54. The molecule has 1 fully saturated rings. The Morgan fingerprint density at radius 2 is 1.96 bits per heavy atom. The highest BCUT2D eigenvalue weighted by Crippen LogP contribution is 2.31. The average Bonchev–Trinajstić information content (AvgIpc) is 2.55. The normalized spacial score (nSPS) is 17.9. The first-order valence-electron chi connectivity index (χ1n) is 7.60. The van der Waals surface area contributed by atoms with E-state index in [0.29, 0.717) is 5.92 Å². The van der Waals surface area contributed by atoms with E-state index in [1.807, 2.05) is 0 Å². The summed E-state index contributed by atoms with van der Waals surface area (Å²) in [6, 6.07) is 2.15. The van der Waals surface area contributed by atoms with Gasteiger partial charge in [-0.3, -0.25) is 0 Å². The van der Waals surface area contributed by atoms with E-state index in [9.17, 15) is 12.8 Å². The molecule has 1 saturated heterocycles. The smallest absolute Gasteiger partial charge is 0.243 e. The molecule has 138 valence electrons. The summed E-state index contributed by atoms with van der Waals surface area (Å²) >= 11 is 0. The molecule has 1 unspecified atom stereocenters. The van der Waals surface area contributed by atoms with E-state index < -0.39 is 20.7 Å². The molecule has 0 radical (unpaired) electrons. The first-order valence-corrected chi connectivity index (χ1v) is 9.08. The molecule has 1 aliphatic rings. The van der Waals surface area contributed by atoms with Gasteiger partial charge < -0.3 is 14.8 Å². The summed E-state index contributed by atoms with van der Waals surface area (Å²) in [4.78, 5) is -0.433. The molecule has 1 aromatic rings. The van der Waals surface area contributed by atoms with Crippen molar-refractivity contribution in [1.29, 1.82) is 0 Å². The molecule has 9 heteroatoms.